The van der Waals surface area contributed by atoms with Gasteiger partial charge in [0.25, 0.3) is 11.8 Å². The van der Waals surface area contributed by atoms with Crippen molar-refractivity contribution in [1.82, 2.24) is 9.96 Å². The molecule has 0 aromatic heterocycles. The van der Waals surface area contributed by atoms with Crippen LogP contribution in [0.4, 0.5) is 0 Å². The van der Waals surface area contributed by atoms with Crippen LogP contribution in [0.2, 0.25) is 0 Å². The number of carbonyl (C=O) groups is 3. The molecule has 2 aliphatic rings. The Labute approximate surface area is 146 Å². The van der Waals surface area contributed by atoms with Crippen molar-refractivity contribution in [2.75, 3.05) is 32.8 Å². The van der Waals surface area contributed by atoms with E-state index in [0.29, 0.717) is 30.8 Å². The number of hydrogen-bond acceptors (Lipinski definition) is 6. The highest BCUT2D eigenvalue weighted by molar-refractivity contribution is 6.20. The molecule has 0 unspecified atom stereocenters. The number of fused-ring (bicyclic) bond motifs is 1. The van der Waals surface area contributed by atoms with Crippen molar-refractivity contribution in [2.24, 2.45) is 5.92 Å². The van der Waals surface area contributed by atoms with Crippen LogP contribution in [0, 0.1) is 5.92 Å². The molecule has 3 rings (SSSR count). The molecule has 0 bridgehead atoms. The third-order valence-corrected chi connectivity index (χ3v) is 4.51. The Bertz CT molecular complexity index is 640. The van der Waals surface area contributed by atoms with Gasteiger partial charge in [0.1, 0.15) is 0 Å². The first-order valence-corrected chi connectivity index (χ1v) is 8.61. The largest absolute Gasteiger partial charge is 0.466 e. The van der Waals surface area contributed by atoms with E-state index < -0.39 is 11.8 Å². The van der Waals surface area contributed by atoms with Crippen LogP contribution < -0.4 is 0 Å². The third kappa shape index (κ3) is 3.72. The molecule has 1 aromatic carbocycles. The maximum atomic E-state index is 12.2. The van der Waals surface area contributed by atoms with Gasteiger partial charge in [-0.15, -0.1) is 5.06 Å². The summed E-state index contributed by atoms with van der Waals surface area (Å²) in [7, 11) is 0. The van der Waals surface area contributed by atoms with Crippen molar-refractivity contribution < 1.29 is 24.0 Å². The van der Waals surface area contributed by atoms with Crippen LogP contribution >= 0.6 is 0 Å². The van der Waals surface area contributed by atoms with E-state index in [1.165, 1.54) is 0 Å². The average Bonchev–Trinajstić information content (AvgIpc) is 2.87. The number of carbonyl (C=O) groups excluding carboxylic acids is 3. The van der Waals surface area contributed by atoms with Crippen molar-refractivity contribution in [1.29, 1.82) is 0 Å². The van der Waals surface area contributed by atoms with E-state index in [1.807, 2.05) is 0 Å². The standard InChI is InChI=1S/C18H22N2O5/c1-2-24-18(23)13-6-5-9-19(12-13)10-11-25-20-16(21)14-7-3-4-8-15(14)17(20)22/h3-4,7-8,13H,2,5-6,9-12H2,1H3/t13-/m1/s1. The zero-order valence-corrected chi connectivity index (χ0v) is 14.3. The van der Waals surface area contributed by atoms with Gasteiger partial charge in [0.05, 0.1) is 30.3 Å². The number of piperidine rings is 1. The Morgan fingerprint density at radius 1 is 1.20 bits per heavy atom. The summed E-state index contributed by atoms with van der Waals surface area (Å²) in [6.07, 6.45) is 1.74. The van der Waals surface area contributed by atoms with Crippen molar-refractivity contribution in [3.63, 3.8) is 0 Å². The number of esters is 1. The lowest BCUT2D eigenvalue weighted by atomic mass is 9.98. The fourth-order valence-electron chi connectivity index (χ4n) is 3.26. The van der Waals surface area contributed by atoms with Crippen LogP contribution in [0.5, 0.6) is 0 Å². The second kappa shape index (κ2) is 7.76. The van der Waals surface area contributed by atoms with Gasteiger partial charge in [0.2, 0.25) is 0 Å². The topological polar surface area (TPSA) is 76.2 Å². The van der Waals surface area contributed by atoms with Gasteiger partial charge in [-0.3, -0.25) is 19.2 Å². The highest BCUT2D eigenvalue weighted by atomic mass is 16.7. The molecule has 25 heavy (non-hydrogen) atoms. The van der Waals surface area contributed by atoms with E-state index in [9.17, 15) is 14.4 Å². The Hall–Kier alpha value is -2.25. The number of likely N-dealkylation sites (tertiary alicyclic amines) is 1. The minimum absolute atomic E-state index is 0.118. The van der Waals surface area contributed by atoms with Crippen LogP contribution in [-0.4, -0.2) is 60.6 Å². The molecule has 0 N–H and O–H groups in total. The first kappa shape index (κ1) is 17.6. The smallest absolute Gasteiger partial charge is 0.310 e. The summed E-state index contributed by atoms with van der Waals surface area (Å²) >= 11 is 0. The van der Waals surface area contributed by atoms with Crippen LogP contribution in [0.1, 0.15) is 40.5 Å². The van der Waals surface area contributed by atoms with Gasteiger partial charge in [0, 0.05) is 13.1 Å². The maximum Gasteiger partial charge on any atom is 0.310 e. The van der Waals surface area contributed by atoms with Crippen LogP contribution in [0.25, 0.3) is 0 Å². The molecule has 0 spiro atoms. The average molecular weight is 346 g/mol. The van der Waals surface area contributed by atoms with Crippen LogP contribution in [0.3, 0.4) is 0 Å². The number of rotatable bonds is 6. The number of imide groups is 1. The zero-order valence-electron chi connectivity index (χ0n) is 14.3. The van der Waals surface area contributed by atoms with Crippen molar-refractivity contribution in [3.8, 4) is 0 Å². The third-order valence-electron chi connectivity index (χ3n) is 4.51. The van der Waals surface area contributed by atoms with E-state index in [-0.39, 0.29) is 18.5 Å². The monoisotopic (exact) mass is 346 g/mol. The Morgan fingerprint density at radius 2 is 1.88 bits per heavy atom. The summed E-state index contributed by atoms with van der Waals surface area (Å²) in [6, 6.07) is 6.68. The van der Waals surface area contributed by atoms with Crippen molar-refractivity contribution >= 4 is 17.8 Å². The highest BCUT2D eigenvalue weighted by Gasteiger charge is 2.36. The highest BCUT2D eigenvalue weighted by Crippen LogP contribution is 2.23. The van der Waals surface area contributed by atoms with E-state index in [4.69, 9.17) is 9.57 Å². The number of amides is 2. The Morgan fingerprint density at radius 3 is 2.52 bits per heavy atom. The minimum Gasteiger partial charge on any atom is -0.466 e. The lowest BCUT2D eigenvalue weighted by Crippen LogP contribution is -2.42. The first-order valence-electron chi connectivity index (χ1n) is 8.61. The molecule has 1 saturated heterocycles. The van der Waals surface area contributed by atoms with Gasteiger partial charge in [-0.25, -0.2) is 0 Å². The Balaban J connectivity index is 1.50. The van der Waals surface area contributed by atoms with E-state index in [2.05, 4.69) is 4.90 Å². The van der Waals surface area contributed by atoms with Gasteiger partial charge in [-0.2, -0.15) is 0 Å². The maximum absolute atomic E-state index is 12.2. The van der Waals surface area contributed by atoms with Gasteiger partial charge >= 0.3 is 5.97 Å². The molecule has 7 nitrogen and oxygen atoms in total. The van der Waals surface area contributed by atoms with E-state index in [1.54, 1.807) is 31.2 Å². The summed E-state index contributed by atoms with van der Waals surface area (Å²) in [5.41, 5.74) is 0.737. The molecule has 2 amide bonds. The molecular weight excluding hydrogens is 324 g/mol. The lowest BCUT2D eigenvalue weighted by molar-refractivity contribution is -0.150. The molecule has 7 heteroatoms. The first-order chi connectivity index (χ1) is 12.1. The second-order valence-corrected chi connectivity index (χ2v) is 6.18. The summed E-state index contributed by atoms with van der Waals surface area (Å²) < 4.78 is 5.09. The Kier molecular flexibility index (Phi) is 5.45. The van der Waals surface area contributed by atoms with Crippen molar-refractivity contribution in [2.45, 2.75) is 19.8 Å². The molecule has 1 aromatic rings. The predicted octanol–water partition coefficient (Wildman–Crippen LogP) is 1.49. The fraction of sp³-hybridized carbons (Fsp3) is 0.500. The van der Waals surface area contributed by atoms with Gasteiger partial charge in [-0.05, 0) is 38.4 Å². The normalized spacial score (nSPS) is 20.7. The van der Waals surface area contributed by atoms with Gasteiger partial charge < -0.3 is 9.64 Å². The quantitative estimate of drug-likeness (QED) is 0.574. The summed E-state index contributed by atoms with van der Waals surface area (Å²) in [4.78, 5) is 43.8. The van der Waals surface area contributed by atoms with E-state index in [0.717, 1.165) is 24.4 Å². The van der Waals surface area contributed by atoms with Crippen LogP contribution in [0.15, 0.2) is 24.3 Å². The van der Waals surface area contributed by atoms with Crippen LogP contribution in [-0.2, 0) is 14.4 Å². The molecule has 2 heterocycles. The molecule has 0 aliphatic carbocycles. The van der Waals surface area contributed by atoms with Gasteiger partial charge in [0.15, 0.2) is 0 Å². The summed E-state index contributed by atoms with van der Waals surface area (Å²) in [6.45, 7) is 4.42. The second-order valence-electron chi connectivity index (χ2n) is 6.18. The molecule has 1 atom stereocenters. The number of hydrogen-bond donors (Lipinski definition) is 0. The fourth-order valence-corrected chi connectivity index (χ4v) is 3.26. The van der Waals surface area contributed by atoms with Crippen molar-refractivity contribution in [3.05, 3.63) is 35.4 Å². The molecule has 1 fully saturated rings. The number of nitrogens with zero attached hydrogens (tertiary/aromatic N) is 2. The summed E-state index contributed by atoms with van der Waals surface area (Å²) in [5, 5.41) is 0.831. The molecule has 134 valence electrons. The SMILES string of the molecule is CCOC(=O)[C@@H]1CCCN(CCON2C(=O)c3ccccc3C2=O)C1. The predicted molar refractivity (Wildman–Crippen MR) is 88.7 cm³/mol. The number of benzene rings is 1. The van der Waals surface area contributed by atoms with E-state index >= 15 is 0 Å². The minimum atomic E-state index is -0.427. The zero-order chi connectivity index (χ0) is 17.8. The van der Waals surface area contributed by atoms with Gasteiger partial charge in [-0.1, -0.05) is 12.1 Å². The lowest BCUT2D eigenvalue weighted by Gasteiger charge is -2.31. The molecule has 0 radical (unpaired) electrons. The number of hydroxylamine groups is 2. The molecule has 0 saturated carbocycles. The molecular formula is C18H22N2O5. The summed E-state index contributed by atoms with van der Waals surface area (Å²) in [5.74, 6) is -1.13. The molecule has 2 aliphatic heterocycles. The number of ether oxygens (including phenoxy) is 1.